The van der Waals surface area contributed by atoms with Crippen molar-refractivity contribution in [2.24, 2.45) is 0 Å². The maximum absolute atomic E-state index is 6.07. The maximum Gasteiger partial charge on any atom is 0.162 e. The predicted molar refractivity (Wildman–Crippen MR) is 83.8 cm³/mol. The third-order valence-corrected chi connectivity index (χ3v) is 4.55. The van der Waals surface area contributed by atoms with Gasteiger partial charge in [-0.15, -0.1) is 0 Å². The molecule has 2 saturated carbocycles. The molecule has 0 radical (unpaired) electrons. The van der Waals surface area contributed by atoms with E-state index in [2.05, 4.69) is 25.8 Å². The second-order valence-electron chi connectivity index (χ2n) is 6.16. The van der Waals surface area contributed by atoms with Crippen molar-refractivity contribution < 1.29 is 0 Å². The number of rotatable bonds is 3. The fourth-order valence-corrected chi connectivity index (χ4v) is 3.06. The summed E-state index contributed by atoms with van der Waals surface area (Å²) in [5.74, 6) is 1.52. The van der Waals surface area contributed by atoms with Gasteiger partial charge in [0.05, 0.1) is 11.9 Å². The Morgan fingerprint density at radius 2 is 1.95 bits per heavy atom. The van der Waals surface area contributed by atoms with Crippen LogP contribution in [0.5, 0.6) is 0 Å². The second-order valence-corrected chi connectivity index (χ2v) is 6.54. The van der Waals surface area contributed by atoms with Gasteiger partial charge in [0.15, 0.2) is 5.65 Å². The number of hydrogen-bond acceptors (Lipinski definition) is 4. The Kier molecular flexibility index (Phi) is 2.56. The zero-order valence-electron chi connectivity index (χ0n) is 11.9. The standard InChI is InChI=1S/C16H14ClN5/c17-14-6-5-12-16(20-14)22(11-3-4-11)15(19-12)10-7-13(9-1-2-9)21-18-8-10/h5-9,11H,1-4H2. The Bertz CT molecular complexity index is 879. The van der Waals surface area contributed by atoms with Crippen LogP contribution in [0.4, 0.5) is 0 Å². The molecule has 5 nitrogen and oxygen atoms in total. The predicted octanol–water partition coefficient (Wildman–Crippen LogP) is 3.75. The van der Waals surface area contributed by atoms with Gasteiger partial charge in [-0.2, -0.15) is 10.2 Å². The number of aromatic nitrogens is 5. The average molecular weight is 312 g/mol. The zero-order chi connectivity index (χ0) is 14.7. The molecule has 2 fully saturated rings. The summed E-state index contributed by atoms with van der Waals surface area (Å²) in [6.07, 6.45) is 6.57. The molecule has 3 heterocycles. The first kappa shape index (κ1) is 12.5. The van der Waals surface area contributed by atoms with Crippen LogP contribution in [0.25, 0.3) is 22.6 Å². The van der Waals surface area contributed by atoms with Crippen molar-refractivity contribution in [3.05, 3.63) is 35.2 Å². The number of imidazole rings is 1. The highest BCUT2D eigenvalue weighted by Crippen LogP contribution is 2.42. The third kappa shape index (κ3) is 2.00. The highest BCUT2D eigenvalue weighted by molar-refractivity contribution is 6.29. The van der Waals surface area contributed by atoms with Crippen LogP contribution in [0.3, 0.4) is 0 Å². The fourth-order valence-electron chi connectivity index (χ4n) is 2.92. The molecule has 3 aromatic rings. The number of nitrogens with zero attached hydrogens (tertiary/aromatic N) is 5. The van der Waals surface area contributed by atoms with Crippen molar-refractivity contribution in [1.82, 2.24) is 24.7 Å². The van der Waals surface area contributed by atoms with Crippen LogP contribution in [0.2, 0.25) is 5.15 Å². The minimum Gasteiger partial charge on any atom is -0.305 e. The van der Waals surface area contributed by atoms with Crippen molar-refractivity contribution in [2.45, 2.75) is 37.6 Å². The van der Waals surface area contributed by atoms with E-state index in [1.54, 1.807) is 12.3 Å². The lowest BCUT2D eigenvalue weighted by atomic mass is 10.2. The number of halogens is 1. The highest BCUT2D eigenvalue weighted by atomic mass is 35.5. The van der Waals surface area contributed by atoms with Gasteiger partial charge >= 0.3 is 0 Å². The molecule has 0 aromatic carbocycles. The van der Waals surface area contributed by atoms with E-state index in [0.717, 1.165) is 28.2 Å². The van der Waals surface area contributed by atoms with Gasteiger partial charge in [0.1, 0.15) is 16.5 Å². The van der Waals surface area contributed by atoms with Gasteiger partial charge in [-0.1, -0.05) is 11.6 Å². The molecule has 0 bridgehead atoms. The molecule has 22 heavy (non-hydrogen) atoms. The largest absolute Gasteiger partial charge is 0.305 e. The summed E-state index contributed by atoms with van der Waals surface area (Å²) in [5.41, 5.74) is 3.86. The van der Waals surface area contributed by atoms with Crippen LogP contribution in [0, 0.1) is 0 Å². The SMILES string of the molecule is Clc1ccc2nc(-c3cnnc(C4CC4)c3)n(C3CC3)c2n1. The molecule has 0 atom stereocenters. The van der Waals surface area contributed by atoms with Gasteiger partial charge in [-0.05, 0) is 43.9 Å². The molecule has 2 aliphatic carbocycles. The molecule has 110 valence electrons. The minimum atomic E-state index is 0.475. The quantitative estimate of drug-likeness (QED) is 0.691. The Morgan fingerprint density at radius 1 is 1.09 bits per heavy atom. The third-order valence-electron chi connectivity index (χ3n) is 4.34. The normalized spacial score (nSPS) is 18.0. The first-order valence-electron chi connectivity index (χ1n) is 7.67. The molecule has 0 amide bonds. The molecule has 0 spiro atoms. The van der Waals surface area contributed by atoms with E-state index in [4.69, 9.17) is 16.6 Å². The summed E-state index contributed by atoms with van der Waals surface area (Å²) in [6, 6.07) is 6.33. The number of pyridine rings is 1. The summed E-state index contributed by atoms with van der Waals surface area (Å²) < 4.78 is 2.22. The molecule has 6 heteroatoms. The van der Waals surface area contributed by atoms with Gasteiger partial charge < -0.3 is 4.57 Å². The van der Waals surface area contributed by atoms with Crippen LogP contribution >= 0.6 is 11.6 Å². The molecule has 3 aromatic heterocycles. The van der Waals surface area contributed by atoms with Gasteiger partial charge in [-0.3, -0.25) is 0 Å². The van der Waals surface area contributed by atoms with E-state index >= 15 is 0 Å². The smallest absolute Gasteiger partial charge is 0.162 e. The Labute approximate surface area is 132 Å². The van der Waals surface area contributed by atoms with Gasteiger partial charge in [0.25, 0.3) is 0 Å². The summed E-state index contributed by atoms with van der Waals surface area (Å²) in [7, 11) is 0. The highest BCUT2D eigenvalue weighted by Gasteiger charge is 2.31. The molecule has 0 unspecified atom stereocenters. The van der Waals surface area contributed by atoms with Crippen LogP contribution in [0.1, 0.15) is 43.3 Å². The topological polar surface area (TPSA) is 56.5 Å². The number of hydrogen-bond donors (Lipinski definition) is 0. The van der Waals surface area contributed by atoms with E-state index < -0.39 is 0 Å². The molecule has 0 saturated heterocycles. The lowest BCUT2D eigenvalue weighted by Crippen LogP contribution is -2.00. The van der Waals surface area contributed by atoms with Crippen molar-refractivity contribution in [3.63, 3.8) is 0 Å². The molecule has 0 N–H and O–H groups in total. The molecule has 5 rings (SSSR count). The average Bonchev–Trinajstić information content (AvgIpc) is 3.43. The Morgan fingerprint density at radius 3 is 2.73 bits per heavy atom. The number of fused-ring (bicyclic) bond motifs is 1. The van der Waals surface area contributed by atoms with E-state index in [0.29, 0.717) is 17.1 Å². The molecular formula is C16H14ClN5. The van der Waals surface area contributed by atoms with E-state index in [1.165, 1.54) is 25.7 Å². The van der Waals surface area contributed by atoms with Gasteiger partial charge in [-0.25, -0.2) is 9.97 Å². The Balaban J connectivity index is 1.73. The first-order valence-corrected chi connectivity index (χ1v) is 8.05. The first-order chi connectivity index (χ1) is 10.8. The van der Waals surface area contributed by atoms with E-state index in [-0.39, 0.29) is 0 Å². The van der Waals surface area contributed by atoms with Crippen LogP contribution in [-0.4, -0.2) is 24.7 Å². The summed E-state index contributed by atoms with van der Waals surface area (Å²) >= 11 is 6.07. The van der Waals surface area contributed by atoms with Crippen LogP contribution < -0.4 is 0 Å². The van der Waals surface area contributed by atoms with E-state index in [1.807, 2.05) is 6.07 Å². The maximum atomic E-state index is 6.07. The van der Waals surface area contributed by atoms with Crippen molar-refractivity contribution in [3.8, 4) is 11.4 Å². The van der Waals surface area contributed by atoms with Gasteiger partial charge in [0, 0.05) is 17.5 Å². The molecular weight excluding hydrogens is 298 g/mol. The van der Waals surface area contributed by atoms with Crippen LogP contribution in [0.15, 0.2) is 24.4 Å². The summed E-state index contributed by atoms with van der Waals surface area (Å²) in [5, 5.41) is 8.95. The van der Waals surface area contributed by atoms with Crippen molar-refractivity contribution in [1.29, 1.82) is 0 Å². The zero-order valence-corrected chi connectivity index (χ0v) is 12.7. The molecule has 2 aliphatic rings. The van der Waals surface area contributed by atoms with Crippen molar-refractivity contribution in [2.75, 3.05) is 0 Å². The summed E-state index contributed by atoms with van der Waals surface area (Å²) in [4.78, 5) is 9.26. The minimum absolute atomic E-state index is 0.475. The van der Waals surface area contributed by atoms with E-state index in [9.17, 15) is 0 Å². The lowest BCUT2D eigenvalue weighted by molar-refractivity contribution is 0.764. The fraction of sp³-hybridized carbons (Fsp3) is 0.375. The molecule has 0 aliphatic heterocycles. The summed E-state index contributed by atoms with van der Waals surface area (Å²) in [6.45, 7) is 0. The monoisotopic (exact) mass is 311 g/mol. The lowest BCUT2D eigenvalue weighted by Gasteiger charge is -2.07. The second kappa shape index (κ2) is 4.49. The van der Waals surface area contributed by atoms with Crippen LogP contribution in [-0.2, 0) is 0 Å². The van der Waals surface area contributed by atoms with Crippen molar-refractivity contribution >= 4 is 22.8 Å². The Hall–Kier alpha value is -2.01. The van der Waals surface area contributed by atoms with Gasteiger partial charge in [0.2, 0.25) is 0 Å².